The summed E-state index contributed by atoms with van der Waals surface area (Å²) >= 11 is 0. The predicted molar refractivity (Wildman–Crippen MR) is 143 cm³/mol. The fourth-order valence-electron chi connectivity index (χ4n) is 4.65. The molecule has 1 unspecified atom stereocenters. The number of nitrogens with zero attached hydrogens (tertiary/aromatic N) is 4. The van der Waals surface area contributed by atoms with E-state index in [1.54, 1.807) is 6.92 Å². The minimum atomic E-state index is -1.51. The molecule has 0 spiro atoms. The van der Waals surface area contributed by atoms with Crippen LogP contribution < -0.4 is 11.1 Å². The van der Waals surface area contributed by atoms with E-state index in [2.05, 4.69) is 32.1 Å². The van der Waals surface area contributed by atoms with Crippen molar-refractivity contribution in [2.75, 3.05) is 25.5 Å². The van der Waals surface area contributed by atoms with Crippen molar-refractivity contribution in [2.24, 2.45) is 17.8 Å². The molecule has 1 saturated carbocycles. The molecule has 13 heteroatoms. The number of carbonyl (C=O) groups excluding carboxylic acids is 2. The summed E-state index contributed by atoms with van der Waals surface area (Å²) in [5, 5.41) is 23.3. The van der Waals surface area contributed by atoms with Gasteiger partial charge in [-0.2, -0.15) is 0 Å². The molecule has 0 bridgehead atoms. The molecule has 216 valence electrons. The van der Waals surface area contributed by atoms with Gasteiger partial charge in [-0.15, -0.1) is 0 Å². The number of nitrogen functional groups attached to an aromatic ring is 1. The number of nitrogens with two attached hydrogens (primary N) is 1. The lowest BCUT2D eigenvalue weighted by Crippen LogP contribution is -2.25. The van der Waals surface area contributed by atoms with Gasteiger partial charge in [0.2, 0.25) is 17.8 Å². The summed E-state index contributed by atoms with van der Waals surface area (Å²) in [6, 6.07) is 0. The maximum Gasteiger partial charge on any atom is 0.508 e. The van der Waals surface area contributed by atoms with Gasteiger partial charge in [0, 0.05) is 13.0 Å². The Bertz CT molecular complexity index is 1320. The third kappa shape index (κ3) is 6.74. The van der Waals surface area contributed by atoms with E-state index in [0.29, 0.717) is 38.0 Å². The molecule has 1 amide bonds. The smallest absolute Gasteiger partial charge is 0.506 e. The van der Waals surface area contributed by atoms with Crippen molar-refractivity contribution in [3.8, 4) is 11.8 Å². The van der Waals surface area contributed by atoms with Crippen molar-refractivity contribution >= 4 is 29.0 Å². The van der Waals surface area contributed by atoms with Crippen LogP contribution in [0.3, 0.4) is 0 Å². The van der Waals surface area contributed by atoms with Crippen molar-refractivity contribution in [1.82, 2.24) is 24.8 Å². The number of anilines is 1. The Morgan fingerprint density at radius 3 is 2.65 bits per heavy atom. The highest BCUT2D eigenvalue weighted by Gasteiger charge is 2.41. The molecule has 1 aliphatic heterocycles. The van der Waals surface area contributed by atoms with Crippen LogP contribution in [0.25, 0.3) is 11.2 Å². The largest absolute Gasteiger partial charge is 0.508 e. The van der Waals surface area contributed by atoms with Crippen LogP contribution in [0.4, 0.5) is 10.6 Å². The zero-order chi connectivity index (χ0) is 28.8. The van der Waals surface area contributed by atoms with Gasteiger partial charge in [-0.05, 0) is 56.3 Å². The Hall–Kier alpha value is -4.05. The van der Waals surface area contributed by atoms with E-state index < -0.39 is 30.2 Å². The normalized spacial score (nSPS) is 22.5. The maximum absolute atomic E-state index is 12.2. The Balaban J connectivity index is 1.35. The number of aromatic nitrogens is 4. The zero-order valence-corrected chi connectivity index (χ0v) is 22.9. The van der Waals surface area contributed by atoms with E-state index in [9.17, 15) is 19.8 Å². The number of likely N-dealkylation sites (N-methyl/N-ethyl adjacent to an activating group) is 1. The lowest BCUT2D eigenvalue weighted by Gasteiger charge is -2.26. The molecule has 1 aliphatic carbocycles. The number of rotatable bonds is 8. The second-order valence-corrected chi connectivity index (χ2v) is 10.4. The molecule has 0 saturated heterocycles. The molecule has 2 aromatic rings. The van der Waals surface area contributed by atoms with Crippen molar-refractivity contribution in [2.45, 2.75) is 65.2 Å². The fourth-order valence-corrected chi connectivity index (χ4v) is 4.65. The van der Waals surface area contributed by atoms with Gasteiger partial charge < -0.3 is 35.5 Å². The summed E-state index contributed by atoms with van der Waals surface area (Å²) in [5.41, 5.74) is 6.62. The summed E-state index contributed by atoms with van der Waals surface area (Å²) in [5.74, 6) is 5.80. The SMILES string of the molecule is CCNC(=O)C1=C(O)C(O)[C@H](n2cnc3c(N)nc(C#CCC4CCC(COC(=O)OCC(C)C)CC4)nc32)O1. The van der Waals surface area contributed by atoms with Gasteiger partial charge in [-0.25, -0.2) is 19.7 Å². The van der Waals surface area contributed by atoms with Crippen molar-refractivity contribution in [3.05, 3.63) is 23.7 Å². The van der Waals surface area contributed by atoms with E-state index in [0.717, 1.165) is 25.7 Å². The molecule has 2 aliphatic rings. The Labute approximate surface area is 232 Å². The lowest BCUT2D eigenvalue weighted by molar-refractivity contribution is -0.122. The van der Waals surface area contributed by atoms with Crippen molar-refractivity contribution in [1.29, 1.82) is 0 Å². The molecule has 0 radical (unpaired) electrons. The molecular weight excluding hydrogens is 520 g/mol. The number of hydrogen-bond donors (Lipinski definition) is 4. The fraction of sp³-hybridized carbons (Fsp3) is 0.593. The number of ether oxygens (including phenoxy) is 3. The molecule has 1 fully saturated rings. The number of nitrogens with one attached hydrogen (secondary N) is 1. The number of amides is 1. The van der Waals surface area contributed by atoms with Crippen LogP contribution in [0.2, 0.25) is 0 Å². The van der Waals surface area contributed by atoms with Crippen molar-refractivity contribution in [3.63, 3.8) is 0 Å². The molecular formula is C27H36N6O7. The minimum absolute atomic E-state index is 0.106. The first-order valence-electron chi connectivity index (χ1n) is 13.5. The summed E-state index contributed by atoms with van der Waals surface area (Å²) in [4.78, 5) is 36.7. The van der Waals surface area contributed by atoms with Gasteiger partial charge in [-0.3, -0.25) is 9.36 Å². The zero-order valence-electron chi connectivity index (χ0n) is 22.9. The Morgan fingerprint density at radius 1 is 1.23 bits per heavy atom. The van der Waals surface area contributed by atoms with Crippen LogP contribution in [0.15, 0.2) is 17.8 Å². The number of aliphatic hydroxyl groups is 2. The number of carbonyl (C=O) groups is 2. The van der Waals surface area contributed by atoms with E-state index in [1.807, 2.05) is 13.8 Å². The number of fused-ring (bicyclic) bond motifs is 1. The van der Waals surface area contributed by atoms with Crippen molar-refractivity contribution < 1.29 is 34.0 Å². The summed E-state index contributed by atoms with van der Waals surface area (Å²) in [6.45, 7) is 6.71. The van der Waals surface area contributed by atoms with Gasteiger partial charge in [0.25, 0.3) is 5.91 Å². The quantitative estimate of drug-likeness (QED) is 0.277. The molecule has 0 aromatic carbocycles. The third-order valence-electron chi connectivity index (χ3n) is 6.82. The summed E-state index contributed by atoms with van der Waals surface area (Å²) < 4.78 is 17.3. The highest BCUT2D eigenvalue weighted by atomic mass is 16.7. The van der Waals surface area contributed by atoms with E-state index in [1.165, 1.54) is 10.9 Å². The first-order valence-corrected chi connectivity index (χ1v) is 13.5. The first kappa shape index (κ1) is 28.9. The predicted octanol–water partition coefficient (Wildman–Crippen LogP) is 2.56. The molecule has 2 atom stereocenters. The van der Waals surface area contributed by atoms with Gasteiger partial charge in [-0.1, -0.05) is 19.8 Å². The minimum Gasteiger partial charge on any atom is -0.506 e. The molecule has 5 N–H and O–H groups in total. The van der Waals surface area contributed by atoms with Gasteiger partial charge in [0.05, 0.1) is 13.2 Å². The molecule has 2 aromatic heterocycles. The van der Waals surface area contributed by atoms with E-state index in [4.69, 9.17) is 19.9 Å². The van der Waals surface area contributed by atoms with Crippen LogP contribution in [0.5, 0.6) is 0 Å². The molecule has 4 rings (SSSR count). The van der Waals surface area contributed by atoms with Gasteiger partial charge >= 0.3 is 6.16 Å². The van der Waals surface area contributed by atoms with E-state index in [-0.39, 0.29) is 34.5 Å². The molecule has 40 heavy (non-hydrogen) atoms. The Kier molecular flexibility index (Phi) is 9.31. The summed E-state index contributed by atoms with van der Waals surface area (Å²) in [6.07, 6.45) is 2.55. The average molecular weight is 557 g/mol. The van der Waals surface area contributed by atoms with Crippen LogP contribution in [-0.2, 0) is 19.0 Å². The second-order valence-electron chi connectivity index (χ2n) is 10.4. The topological polar surface area (TPSA) is 184 Å². The van der Waals surface area contributed by atoms with E-state index >= 15 is 0 Å². The number of hydrogen-bond acceptors (Lipinski definition) is 11. The molecule has 3 heterocycles. The second kappa shape index (κ2) is 12.9. The van der Waals surface area contributed by atoms with Crippen LogP contribution >= 0.6 is 0 Å². The number of imidazole rings is 1. The van der Waals surface area contributed by atoms with Gasteiger partial charge in [0.15, 0.2) is 23.3 Å². The number of aliphatic hydroxyl groups excluding tert-OH is 2. The Morgan fingerprint density at radius 2 is 1.95 bits per heavy atom. The average Bonchev–Trinajstić information content (AvgIpc) is 3.48. The highest BCUT2D eigenvalue weighted by molar-refractivity contribution is 5.92. The highest BCUT2D eigenvalue weighted by Crippen LogP contribution is 2.34. The molecule has 13 nitrogen and oxygen atoms in total. The van der Waals surface area contributed by atoms with Crippen LogP contribution in [0.1, 0.15) is 64.9 Å². The van der Waals surface area contributed by atoms with Crippen LogP contribution in [-0.4, -0.2) is 67.7 Å². The standard InChI is InChI=1S/C27H36N6O7/c1-4-29-25(36)22-20(34)21(35)26(40-22)33-14-30-19-23(28)31-18(32-24(19)33)7-5-6-16-8-10-17(11-9-16)13-39-27(37)38-12-15(2)3/h14-17,21,26,34-35H,4,6,8-13H2,1-3H3,(H,29,36)(H2,28,31,32)/t16?,17?,21?,26-/m1/s1. The van der Waals surface area contributed by atoms with Gasteiger partial charge in [0.1, 0.15) is 11.8 Å². The summed E-state index contributed by atoms with van der Waals surface area (Å²) in [7, 11) is 0. The first-order chi connectivity index (χ1) is 19.2. The monoisotopic (exact) mass is 556 g/mol. The van der Waals surface area contributed by atoms with Crippen LogP contribution in [0, 0.1) is 29.6 Å². The third-order valence-corrected chi connectivity index (χ3v) is 6.82. The lowest BCUT2D eigenvalue weighted by atomic mass is 9.81. The maximum atomic E-state index is 12.2.